The highest BCUT2D eigenvalue weighted by Gasteiger charge is 2.31. The summed E-state index contributed by atoms with van der Waals surface area (Å²) in [7, 11) is 0. The monoisotopic (exact) mass is 460 g/mol. The highest BCUT2D eigenvalue weighted by Crippen LogP contribution is 2.29. The van der Waals surface area contributed by atoms with Crippen molar-refractivity contribution in [1.29, 1.82) is 0 Å². The van der Waals surface area contributed by atoms with Gasteiger partial charge in [-0.3, -0.25) is 0 Å². The van der Waals surface area contributed by atoms with Crippen LogP contribution in [0.4, 0.5) is 0 Å². The van der Waals surface area contributed by atoms with Crippen LogP contribution in [-0.4, -0.2) is 35.0 Å². The Hall–Kier alpha value is -4.83. The summed E-state index contributed by atoms with van der Waals surface area (Å²) in [6.45, 7) is 0. The lowest BCUT2D eigenvalue weighted by Gasteiger charge is -2.08. The lowest BCUT2D eigenvalue weighted by atomic mass is 10.1. The van der Waals surface area contributed by atoms with Gasteiger partial charge in [0.15, 0.2) is 0 Å². The van der Waals surface area contributed by atoms with Gasteiger partial charge in [-0.15, -0.1) is 0 Å². The van der Waals surface area contributed by atoms with Gasteiger partial charge in [-0.25, -0.2) is 24.0 Å². The first-order valence-corrected chi connectivity index (χ1v) is 9.78. The van der Waals surface area contributed by atoms with Gasteiger partial charge >= 0.3 is 29.8 Å². The molecule has 1 atom stereocenters. The van der Waals surface area contributed by atoms with Gasteiger partial charge in [-0.1, -0.05) is 6.07 Å². The largest absolute Gasteiger partial charge is 0.428 e. The summed E-state index contributed by atoms with van der Waals surface area (Å²) in [5, 5.41) is 9.61. The molecule has 1 N–H and O–H groups in total. The third-order valence-corrected chi connectivity index (χ3v) is 5.12. The quantitative estimate of drug-likeness (QED) is 0.351. The molecule has 0 aliphatic carbocycles. The molecule has 0 saturated carbocycles. The van der Waals surface area contributed by atoms with Crippen molar-refractivity contribution in [3.05, 3.63) is 94.0 Å². The zero-order valence-electron chi connectivity index (χ0n) is 17.0. The lowest BCUT2D eigenvalue weighted by molar-refractivity contribution is -0.0548. The Balaban J connectivity index is 1.25. The number of carbonyl (C=O) groups is 5. The molecule has 10 nitrogen and oxygen atoms in total. The molecule has 0 aromatic heterocycles. The summed E-state index contributed by atoms with van der Waals surface area (Å²) in [4.78, 5) is 59.7. The molecular formula is C24H12O10. The van der Waals surface area contributed by atoms with Crippen LogP contribution in [0.2, 0.25) is 0 Å². The minimum absolute atomic E-state index is 0.0176. The van der Waals surface area contributed by atoms with Gasteiger partial charge in [0.25, 0.3) is 0 Å². The van der Waals surface area contributed by atoms with Crippen LogP contribution >= 0.6 is 0 Å². The minimum Gasteiger partial charge on any atom is -0.428 e. The fourth-order valence-electron chi connectivity index (χ4n) is 3.42. The Bertz CT molecular complexity index is 1400. The van der Waals surface area contributed by atoms with E-state index in [4.69, 9.17) is 9.47 Å². The second kappa shape index (κ2) is 7.94. The Morgan fingerprint density at radius 3 is 1.82 bits per heavy atom. The predicted octanol–water partition coefficient (Wildman–Crippen LogP) is 2.60. The summed E-state index contributed by atoms with van der Waals surface area (Å²) in [6, 6.07) is 13.5. The Labute approximate surface area is 190 Å². The van der Waals surface area contributed by atoms with E-state index >= 15 is 0 Å². The highest BCUT2D eigenvalue weighted by molar-refractivity contribution is 6.15. The second-order valence-corrected chi connectivity index (χ2v) is 7.25. The molecule has 2 aliphatic rings. The minimum atomic E-state index is -1.36. The van der Waals surface area contributed by atoms with Crippen LogP contribution in [0.1, 0.15) is 63.6 Å². The van der Waals surface area contributed by atoms with E-state index in [9.17, 15) is 29.1 Å². The molecule has 0 saturated heterocycles. The number of aliphatic hydroxyl groups is 1. The van der Waals surface area contributed by atoms with Crippen LogP contribution in [0, 0.1) is 0 Å². The summed E-state index contributed by atoms with van der Waals surface area (Å²) in [5.41, 5.74) is 0.517. The van der Waals surface area contributed by atoms with Crippen molar-refractivity contribution in [2.24, 2.45) is 0 Å². The van der Waals surface area contributed by atoms with Gasteiger partial charge in [0.2, 0.25) is 6.29 Å². The lowest BCUT2D eigenvalue weighted by Crippen LogP contribution is -2.11. The summed E-state index contributed by atoms with van der Waals surface area (Å²) in [5.74, 6) is -3.59. The van der Waals surface area contributed by atoms with E-state index in [1.807, 2.05) is 0 Å². The van der Waals surface area contributed by atoms with Crippen LogP contribution in [0.15, 0.2) is 60.7 Å². The SMILES string of the molecule is O=C(Oc1ccc(OC(=O)c2ccc3c(c2)C(=O)OC3O)cc1)c1ccc2c(c1)C(=O)OC2=O. The van der Waals surface area contributed by atoms with Crippen LogP contribution in [0.25, 0.3) is 0 Å². The van der Waals surface area contributed by atoms with E-state index in [2.05, 4.69) is 9.47 Å². The second-order valence-electron chi connectivity index (χ2n) is 7.25. The zero-order valence-corrected chi connectivity index (χ0v) is 17.0. The Kier molecular flexibility index (Phi) is 4.91. The van der Waals surface area contributed by atoms with Gasteiger partial charge < -0.3 is 24.1 Å². The predicted molar refractivity (Wildman–Crippen MR) is 109 cm³/mol. The number of rotatable bonds is 4. The van der Waals surface area contributed by atoms with Crippen LogP contribution in [-0.2, 0) is 9.47 Å². The summed E-state index contributed by atoms with van der Waals surface area (Å²) in [6.07, 6.45) is -1.36. The number of hydrogen-bond acceptors (Lipinski definition) is 10. The molecule has 5 rings (SSSR count). The van der Waals surface area contributed by atoms with Gasteiger partial charge in [-0.05, 0) is 54.6 Å². The van der Waals surface area contributed by atoms with Crippen LogP contribution in [0.3, 0.4) is 0 Å². The topological polar surface area (TPSA) is 143 Å². The van der Waals surface area contributed by atoms with E-state index in [0.29, 0.717) is 0 Å². The van der Waals surface area contributed by atoms with Crippen molar-refractivity contribution in [2.75, 3.05) is 0 Å². The van der Waals surface area contributed by atoms with Crippen molar-refractivity contribution in [2.45, 2.75) is 6.29 Å². The molecule has 0 amide bonds. The van der Waals surface area contributed by atoms with E-state index in [1.165, 1.54) is 60.7 Å². The molecule has 3 aromatic rings. The van der Waals surface area contributed by atoms with Crippen LogP contribution < -0.4 is 9.47 Å². The van der Waals surface area contributed by atoms with Crippen molar-refractivity contribution in [3.63, 3.8) is 0 Å². The van der Waals surface area contributed by atoms with Crippen molar-refractivity contribution in [1.82, 2.24) is 0 Å². The van der Waals surface area contributed by atoms with Gasteiger partial charge in [0, 0.05) is 5.56 Å². The number of hydrogen-bond donors (Lipinski definition) is 1. The first kappa shape index (κ1) is 21.0. The smallest absolute Gasteiger partial charge is 0.346 e. The first-order chi connectivity index (χ1) is 16.3. The fraction of sp³-hybridized carbons (Fsp3) is 0.0417. The van der Waals surface area contributed by atoms with Gasteiger partial charge in [-0.2, -0.15) is 0 Å². The number of esters is 5. The number of fused-ring (bicyclic) bond motifs is 2. The molecule has 34 heavy (non-hydrogen) atoms. The maximum atomic E-state index is 12.4. The van der Waals surface area contributed by atoms with E-state index in [1.54, 1.807) is 0 Å². The van der Waals surface area contributed by atoms with Crippen molar-refractivity contribution < 1.29 is 48.0 Å². The zero-order chi connectivity index (χ0) is 24.0. The molecule has 0 bridgehead atoms. The van der Waals surface area contributed by atoms with E-state index in [-0.39, 0.29) is 44.9 Å². The number of cyclic esters (lactones) is 3. The average Bonchev–Trinajstić information content (AvgIpc) is 3.28. The number of aliphatic hydroxyl groups excluding tert-OH is 1. The van der Waals surface area contributed by atoms with Crippen molar-refractivity contribution in [3.8, 4) is 11.5 Å². The molecule has 10 heteroatoms. The number of benzene rings is 3. The van der Waals surface area contributed by atoms with E-state index < -0.39 is 36.1 Å². The standard InChI is InChI=1S/C24H12O10/c25-19(11-1-7-15-17(9-11)23(29)33-21(15)27)31-13-3-5-14(6-4-13)32-20(26)12-2-8-16-18(10-12)24(30)34-22(16)28/h1-10,21,27H. The fourth-order valence-corrected chi connectivity index (χ4v) is 3.42. The molecule has 1 unspecified atom stereocenters. The normalized spacial score (nSPS) is 15.8. The van der Waals surface area contributed by atoms with Crippen molar-refractivity contribution >= 4 is 29.8 Å². The third kappa shape index (κ3) is 3.67. The molecule has 0 spiro atoms. The highest BCUT2D eigenvalue weighted by atomic mass is 16.6. The molecule has 2 heterocycles. The molecule has 2 aliphatic heterocycles. The summed E-state index contributed by atoms with van der Waals surface area (Å²) >= 11 is 0. The third-order valence-electron chi connectivity index (χ3n) is 5.12. The van der Waals surface area contributed by atoms with Crippen LogP contribution in [0.5, 0.6) is 11.5 Å². The first-order valence-electron chi connectivity index (χ1n) is 9.78. The molecule has 3 aromatic carbocycles. The summed E-state index contributed by atoms with van der Waals surface area (Å²) < 4.78 is 19.7. The molecule has 168 valence electrons. The maximum Gasteiger partial charge on any atom is 0.346 e. The number of carbonyl (C=O) groups excluding carboxylic acids is 5. The van der Waals surface area contributed by atoms with Gasteiger partial charge in [0.1, 0.15) is 11.5 Å². The molecular weight excluding hydrogens is 448 g/mol. The Morgan fingerprint density at radius 1 is 0.676 bits per heavy atom. The Morgan fingerprint density at radius 2 is 1.21 bits per heavy atom. The van der Waals surface area contributed by atoms with E-state index in [0.717, 1.165) is 0 Å². The molecule has 0 fully saturated rings. The van der Waals surface area contributed by atoms with Gasteiger partial charge in [0.05, 0.1) is 27.8 Å². The molecule has 0 radical (unpaired) electrons. The number of ether oxygens (including phenoxy) is 4. The maximum absolute atomic E-state index is 12.4. The average molecular weight is 460 g/mol.